The van der Waals surface area contributed by atoms with Gasteiger partial charge in [0.25, 0.3) is 0 Å². The van der Waals surface area contributed by atoms with E-state index in [2.05, 4.69) is 19.9 Å². The predicted octanol–water partition coefficient (Wildman–Crippen LogP) is -1.19. The number of phosphoric ester groups is 2. The fourth-order valence-electron chi connectivity index (χ4n) is 1.81. The molecule has 0 aromatic heterocycles. The number of hydrogen-bond donors (Lipinski definition) is 8. The summed E-state index contributed by atoms with van der Waals surface area (Å²) in [7, 11) is -9.65. The van der Waals surface area contributed by atoms with Crippen molar-refractivity contribution in [3.63, 3.8) is 0 Å². The number of carboxylic acid groups (broad SMARTS) is 2. The summed E-state index contributed by atoms with van der Waals surface area (Å²) >= 11 is 0. The standard InChI is InChI=1S/C12H18N2O12P2/c15-11(16)9(13-14-10(12(17)18)6-25-27(19,20)21)5-7-1-3-8(4-2-7)26-28(22,23)24/h1-4,9-10,13-14H,5-6H2,(H,15,16)(H,17,18)(H2,19,20,21)(H2,22,23,24)/t9-,10-/m0/s1. The van der Waals surface area contributed by atoms with Crippen molar-refractivity contribution in [2.45, 2.75) is 18.5 Å². The van der Waals surface area contributed by atoms with Gasteiger partial charge >= 0.3 is 27.6 Å². The van der Waals surface area contributed by atoms with E-state index in [1.54, 1.807) is 0 Å². The molecule has 0 amide bonds. The maximum Gasteiger partial charge on any atom is 0.524 e. The van der Waals surface area contributed by atoms with Crippen LogP contribution in [0.5, 0.6) is 5.75 Å². The molecule has 0 fully saturated rings. The van der Waals surface area contributed by atoms with E-state index in [9.17, 15) is 23.8 Å². The molecule has 0 heterocycles. The number of phosphoric acid groups is 2. The third-order valence-corrected chi connectivity index (χ3v) is 3.96. The summed E-state index contributed by atoms with van der Waals surface area (Å²) in [6.07, 6.45) is -0.176. The lowest BCUT2D eigenvalue weighted by atomic mass is 10.1. The van der Waals surface area contributed by atoms with Crippen LogP contribution >= 0.6 is 15.6 Å². The van der Waals surface area contributed by atoms with Gasteiger partial charge in [-0.2, -0.15) is 0 Å². The minimum atomic E-state index is -4.92. The van der Waals surface area contributed by atoms with Gasteiger partial charge in [-0.15, -0.1) is 0 Å². The molecular formula is C12H18N2O12P2. The normalized spacial score (nSPS) is 14.3. The van der Waals surface area contributed by atoms with Crippen LogP contribution in [0.2, 0.25) is 0 Å². The van der Waals surface area contributed by atoms with Gasteiger partial charge in [-0.05, 0) is 24.1 Å². The average Bonchev–Trinajstić information content (AvgIpc) is 2.52. The average molecular weight is 444 g/mol. The highest BCUT2D eigenvalue weighted by Gasteiger charge is 2.26. The van der Waals surface area contributed by atoms with Crippen molar-refractivity contribution in [2.24, 2.45) is 0 Å². The number of hydrogen-bond acceptors (Lipinski definition) is 8. The number of carbonyl (C=O) groups is 2. The Balaban J connectivity index is 2.72. The van der Waals surface area contributed by atoms with Gasteiger partial charge in [0, 0.05) is 0 Å². The van der Waals surface area contributed by atoms with E-state index >= 15 is 0 Å². The number of aliphatic carboxylic acids is 2. The minimum Gasteiger partial charge on any atom is -0.480 e. The van der Waals surface area contributed by atoms with Gasteiger partial charge in [-0.25, -0.2) is 20.0 Å². The van der Waals surface area contributed by atoms with Gasteiger partial charge in [-0.1, -0.05) is 12.1 Å². The molecule has 2 atom stereocenters. The van der Waals surface area contributed by atoms with Crippen molar-refractivity contribution in [1.29, 1.82) is 0 Å². The first-order valence-corrected chi connectivity index (χ1v) is 10.3. The van der Waals surface area contributed by atoms with Crippen LogP contribution in [0.3, 0.4) is 0 Å². The number of hydrazine groups is 1. The molecule has 0 saturated heterocycles. The number of benzene rings is 1. The van der Waals surface area contributed by atoms with E-state index in [4.69, 9.17) is 24.7 Å². The molecule has 0 aliphatic carbocycles. The lowest BCUT2D eigenvalue weighted by Crippen LogP contribution is -2.54. The molecule has 0 aliphatic rings. The van der Waals surface area contributed by atoms with E-state index in [-0.39, 0.29) is 12.2 Å². The van der Waals surface area contributed by atoms with E-state index in [1.165, 1.54) is 24.3 Å². The highest BCUT2D eigenvalue weighted by Crippen LogP contribution is 2.37. The summed E-state index contributed by atoms with van der Waals surface area (Å²) in [5, 5.41) is 18.2. The Morgan fingerprint density at radius 2 is 1.39 bits per heavy atom. The molecule has 14 nitrogen and oxygen atoms in total. The maximum absolute atomic E-state index is 11.3. The third-order valence-electron chi connectivity index (χ3n) is 3.02. The summed E-state index contributed by atoms with van der Waals surface area (Å²) in [4.78, 5) is 57.0. The van der Waals surface area contributed by atoms with Crippen LogP contribution in [0, 0.1) is 0 Å². The molecule has 0 spiro atoms. The van der Waals surface area contributed by atoms with E-state index in [1.807, 2.05) is 0 Å². The molecule has 0 aliphatic heterocycles. The number of nitrogens with one attached hydrogen (secondary N) is 2. The lowest BCUT2D eigenvalue weighted by Gasteiger charge is -2.20. The Morgan fingerprint density at radius 3 is 1.82 bits per heavy atom. The van der Waals surface area contributed by atoms with Gasteiger partial charge in [0.2, 0.25) is 0 Å². The highest BCUT2D eigenvalue weighted by molar-refractivity contribution is 7.46. The molecule has 0 radical (unpaired) electrons. The second-order valence-corrected chi connectivity index (χ2v) is 7.69. The topological polar surface area (TPSA) is 232 Å². The smallest absolute Gasteiger partial charge is 0.480 e. The van der Waals surface area contributed by atoms with Gasteiger partial charge in [0.05, 0.1) is 6.61 Å². The fourth-order valence-corrected chi connectivity index (χ4v) is 2.55. The fraction of sp³-hybridized carbons (Fsp3) is 0.333. The second kappa shape index (κ2) is 10.1. The van der Waals surface area contributed by atoms with Crippen LogP contribution in [-0.2, 0) is 29.7 Å². The summed E-state index contributed by atoms with van der Waals surface area (Å²) in [6, 6.07) is 2.07. The second-order valence-electron chi connectivity index (χ2n) is 5.29. The molecule has 1 aromatic rings. The molecule has 1 aromatic carbocycles. The minimum absolute atomic E-state index is 0.143. The van der Waals surface area contributed by atoms with Crippen LogP contribution in [-0.4, -0.2) is 60.4 Å². The molecule has 16 heteroatoms. The van der Waals surface area contributed by atoms with Crippen molar-refractivity contribution < 1.29 is 57.6 Å². The van der Waals surface area contributed by atoms with Crippen molar-refractivity contribution in [3.8, 4) is 5.75 Å². The summed E-state index contributed by atoms with van der Waals surface area (Å²) in [5.41, 5.74) is 4.73. The van der Waals surface area contributed by atoms with Gasteiger partial charge in [0.1, 0.15) is 17.8 Å². The van der Waals surface area contributed by atoms with Gasteiger partial charge < -0.3 is 24.5 Å². The molecular weight excluding hydrogens is 426 g/mol. The Bertz CT molecular complexity index is 773. The molecule has 0 saturated carbocycles. The quantitative estimate of drug-likeness (QED) is 0.140. The summed E-state index contributed by atoms with van der Waals surface area (Å²) in [6.45, 7) is -0.937. The third kappa shape index (κ3) is 9.90. The first-order chi connectivity index (χ1) is 12.8. The van der Waals surface area contributed by atoms with Crippen LogP contribution in [0.25, 0.3) is 0 Å². The van der Waals surface area contributed by atoms with E-state index in [0.717, 1.165) is 0 Å². The number of rotatable bonds is 12. The Labute approximate surface area is 157 Å². The van der Waals surface area contributed by atoms with Gasteiger partial charge in [0.15, 0.2) is 0 Å². The van der Waals surface area contributed by atoms with Crippen LogP contribution < -0.4 is 15.4 Å². The Kier molecular flexibility index (Phi) is 8.70. The zero-order valence-electron chi connectivity index (χ0n) is 13.9. The van der Waals surface area contributed by atoms with E-state index < -0.39 is 46.3 Å². The SMILES string of the molecule is O=C(O)[C@H](COP(=O)(O)O)NN[C@@H](Cc1ccc(OP(=O)(O)O)cc1)C(=O)O. The largest absolute Gasteiger partial charge is 0.524 e. The van der Waals surface area contributed by atoms with Crippen molar-refractivity contribution >= 4 is 27.6 Å². The molecule has 0 bridgehead atoms. The molecule has 0 unspecified atom stereocenters. The van der Waals surface area contributed by atoms with Gasteiger partial charge in [-0.3, -0.25) is 23.9 Å². The zero-order valence-corrected chi connectivity index (χ0v) is 15.7. The van der Waals surface area contributed by atoms with Crippen LogP contribution in [0.1, 0.15) is 5.56 Å². The van der Waals surface area contributed by atoms with Crippen LogP contribution in [0.15, 0.2) is 24.3 Å². The van der Waals surface area contributed by atoms with Crippen molar-refractivity contribution in [1.82, 2.24) is 10.9 Å². The number of carboxylic acids is 2. The highest BCUT2D eigenvalue weighted by atomic mass is 31.2. The molecule has 8 N–H and O–H groups in total. The summed E-state index contributed by atoms with van der Waals surface area (Å²) in [5.74, 6) is -3.07. The van der Waals surface area contributed by atoms with Crippen molar-refractivity contribution in [3.05, 3.63) is 29.8 Å². The maximum atomic E-state index is 11.3. The molecule has 28 heavy (non-hydrogen) atoms. The van der Waals surface area contributed by atoms with Crippen LogP contribution in [0.4, 0.5) is 0 Å². The predicted molar refractivity (Wildman–Crippen MR) is 89.9 cm³/mol. The molecule has 158 valence electrons. The molecule has 1 rings (SSSR count). The summed E-state index contributed by atoms with van der Waals surface area (Å²) < 4.78 is 29.8. The van der Waals surface area contributed by atoms with Crippen molar-refractivity contribution in [2.75, 3.05) is 6.61 Å². The van der Waals surface area contributed by atoms with E-state index in [0.29, 0.717) is 5.56 Å². The monoisotopic (exact) mass is 444 g/mol. The lowest BCUT2D eigenvalue weighted by molar-refractivity contribution is -0.143. The zero-order chi connectivity index (χ0) is 21.5. The first kappa shape index (κ1) is 24.2. The Hall–Kier alpha value is -1.86. The first-order valence-electron chi connectivity index (χ1n) is 7.27. The Morgan fingerprint density at radius 1 is 0.893 bits per heavy atom.